The van der Waals surface area contributed by atoms with Crippen molar-refractivity contribution in [2.24, 2.45) is 5.73 Å². The quantitative estimate of drug-likeness (QED) is 0.600. The predicted octanol–water partition coefficient (Wildman–Crippen LogP) is -0.347. The van der Waals surface area contributed by atoms with Gasteiger partial charge in [0.05, 0.1) is 5.54 Å². The van der Waals surface area contributed by atoms with Crippen molar-refractivity contribution in [3.63, 3.8) is 0 Å². The van der Waals surface area contributed by atoms with Crippen molar-refractivity contribution >= 4 is 11.8 Å². The zero-order valence-corrected chi connectivity index (χ0v) is 9.42. The smallest absolute Gasteiger partial charge is 0.242 e. The summed E-state index contributed by atoms with van der Waals surface area (Å²) in [7, 11) is 0. The molecule has 1 saturated carbocycles. The van der Waals surface area contributed by atoms with Gasteiger partial charge < -0.3 is 16.4 Å². The van der Waals surface area contributed by atoms with Gasteiger partial charge in [0, 0.05) is 6.54 Å². The van der Waals surface area contributed by atoms with E-state index in [4.69, 9.17) is 5.73 Å². The van der Waals surface area contributed by atoms with E-state index >= 15 is 0 Å². The summed E-state index contributed by atoms with van der Waals surface area (Å²) in [4.78, 5) is 23.5. The van der Waals surface area contributed by atoms with E-state index in [0.29, 0.717) is 13.0 Å². The first-order valence-corrected chi connectivity index (χ1v) is 5.99. The molecule has 0 radical (unpaired) electrons. The molecule has 0 aromatic rings. The van der Waals surface area contributed by atoms with Gasteiger partial charge in [-0.2, -0.15) is 0 Å². The number of rotatable bonds is 2. The maximum Gasteiger partial charge on any atom is 0.242 e. The Morgan fingerprint density at radius 1 is 1.38 bits per heavy atom. The second kappa shape index (κ2) is 4.41. The summed E-state index contributed by atoms with van der Waals surface area (Å²) in [6, 6.07) is -0.393. The van der Waals surface area contributed by atoms with Gasteiger partial charge in [0.25, 0.3) is 0 Å². The first-order chi connectivity index (χ1) is 7.62. The highest BCUT2D eigenvalue weighted by atomic mass is 16.2. The molecule has 4 N–H and O–H groups in total. The summed E-state index contributed by atoms with van der Waals surface area (Å²) in [6.45, 7) is 0.707. The Kier molecular flexibility index (Phi) is 3.14. The van der Waals surface area contributed by atoms with E-state index in [2.05, 4.69) is 10.6 Å². The molecule has 5 heteroatoms. The van der Waals surface area contributed by atoms with Crippen LogP contribution in [0.15, 0.2) is 0 Å². The van der Waals surface area contributed by atoms with E-state index < -0.39 is 11.6 Å². The van der Waals surface area contributed by atoms with E-state index in [1.54, 1.807) is 0 Å². The molecular formula is C11H19N3O2. The Balaban J connectivity index is 1.92. The average Bonchev–Trinajstić information content (AvgIpc) is 2.41. The van der Waals surface area contributed by atoms with Crippen LogP contribution in [0.1, 0.15) is 38.5 Å². The third kappa shape index (κ3) is 2.19. The molecule has 1 aliphatic carbocycles. The van der Waals surface area contributed by atoms with Crippen LogP contribution in [-0.4, -0.2) is 29.9 Å². The van der Waals surface area contributed by atoms with Crippen molar-refractivity contribution in [1.29, 1.82) is 0 Å². The summed E-state index contributed by atoms with van der Waals surface area (Å²) >= 11 is 0. The molecule has 2 aliphatic rings. The van der Waals surface area contributed by atoms with Crippen molar-refractivity contribution in [2.75, 3.05) is 6.54 Å². The van der Waals surface area contributed by atoms with Gasteiger partial charge in [0.15, 0.2) is 0 Å². The topological polar surface area (TPSA) is 84.2 Å². The van der Waals surface area contributed by atoms with Crippen LogP contribution in [0, 0.1) is 0 Å². The molecule has 2 amide bonds. The van der Waals surface area contributed by atoms with E-state index in [1.165, 1.54) is 0 Å². The maximum atomic E-state index is 11.9. The highest BCUT2D eigenvalue weighted by molar-refractivity contribution is 5.92. The van der Waals surface area contributed by atoms with E-state index in [9.17, 15) is 9.59 Å². The summed E-state index contributed by atoms with van der Waals surface area (Å²) in [6.07, 6.45) is 5.11. The summed E-state index contributed by atoms with van der Waals surface area (Å²) in [5.74, 6) is -0.241. The normalized spacial score (nSPS) is 28.6. The minimum Gasteiger partial charge on any atom is -0.354 e. The Bertz CT molecular complexity index is 300. The first kappa shape index (κ1) is 11.4. The van der Waals surface area contributed by atoms with Gasteiger partial charge in [-0.3, -0.25) is 9.59 Å². The fourth-order valence-electron chi connectivity index (χ4n) is 2.16. The molecule has 0 spiro atoms. The lowest BCUT2D eigenvalue weighted by molar-refractivity contribution is -0.133. The first-order valence-electron chi connectivity index (χ1n) is 5.99. The molecule has 90 valence electrons. The molecule has 1 aliphatic heterocycles. The molecule has 1 atom stereocenters. The van der Waals surface area contributed by atoms with E-state index in [-0.39, 0.29) is 11.8 Å². The maximum absolute atomic E-state index is 11.9. The van der Waals surface area contributed by atoms with Gasteiger partial charge in [-0.05, 0) is 38.5 Å². The summed E-state index contributed by atoms with van der Waals surface area (Å²) < 4.78 is 0. The van der Waals surface area contributed by atoms with Crippen LogP contribution >= 0.6 is 0 Å². The van der Waals surface area contributed by atoms with Gasteiger partial charge in [-0.25, -0.2) is 0 Å². The molecule has 0 bridgehead atoms. The lowest BCUT2D eigenvalue weighted by atomic mass is 9.77. The fourth-order valence-corrected chi connectivity index (χ4v) is 2.16. The highest BCUT2D eigenvalue weighted by Crippen LogP contribution is 2.29. The summed E-state index contributed by atoms with van der Waals surface area (Å²) in [5, 5.41) is 5.57. The number of nitrogens with one attached hydrogen (secondary N) is 2. The van der Waals surface area contributed by atoms with Gasteiger partial charge in [-0.15, -0.1) is 0 Å². The van der Waals surface area contributed by atoms with Crippen LogP contribution in [0.2, 0.25) is 0 Å². The van der Waals surface area contributed by atoms with Gasteiger partial charge in [-0.1, -0.05) is 0 Å². The third-order valence-corrected chi connectivity index (χ3v) is 3.54. The standard InChI is InChI=1S/C11H19N3O2/c12-11(5-3-6-11)10(16)14-8-4-1-2-7-13-9(8)15/h8H,1-7,12H2,(H,13,15)(H,14,16). The number of hydrogen-bond acceptors (Lipinski definition) is 3. The predicted molar refractivity (Wildman–Crippen MR) is 59.6 cm³/mol. The molecule has 0 aromatic heterocycles. The molecule has 1 saturated heterocycles. The van der Waals surface area contributed by atoms with Crippen LogP contribution in [0.25, 0.3) is 0 Å². The van der Waals surface area contributed by atoms with Crippen molar-refractivity contribution in [3.8, 4) is 0 Å². The molecule has 2 fully saturated rings. The second-order valence-corrected chi connectivity index (χ2v) is 4.82. The van der Waals surface area contributed by atoms with Crippen molar-refractivity contribution < 1.29 is 9.59 Å². The number of hydrogen-bond donors (Lipinski definition) is 3. The zero-order valence-electron chi connectivity index (χ0n) is 9.42. The zero-order chi connectivity index (χ0) is 11.6. The largest absolute Gasteiger partial charge is 0.354 e. The van der Waals surface area contributed by atoms with Crippen molar-refractivity contribution in [2.45, 2.75) is 50.1 Å². The monoisotopic (exact) mass is 225 g/mol. The van der Waals surface area contributed by atoms with Crippen molar-refractivity contribution in [1.82, 2.24) is 10.6 Å². The Morgan fingerprint density at radius 3 is 2.75 bits per heavy atom. The van der Waals surface area contributed by atoms with Crippen LogP contribution < -0.4 is 16.4 Å². The highest BCUT2D eigenvalue weighted by Gasteiger charge is 2.41. The van der Waals surface area contributed by atoms with Crippen LogP contribution in [0.3, 0.4) is 0 Å². The Labute approximate surface area is 95.1 Å². The second-order valence-electron chi connectivity index (χ2n) is 4.82. The molecule has 0 aromatic carbocycles. The lowest BCUT2D eigenvalue weighted by Gasteiger charge is -2.37. The van der Waals surface area contributed by atoms with Crippen LogP contribution in [0.5, 0.6) is 0 Å². The summed E-state index contributed by atoms with van der Waals surface area (Å²) in [5.41, 5.74) is 5.19. The van der Waals surface area contributed by atoms with Gasteiger partial charge >= 0.3 is 0 Å². The number of nitrogens with two attached hydrogens (primary N) is 1. The minimum absolute atomic E-state index is 0.0752. The van der Waals surface area contributed by atoms with Gasteiger partial charge in [0.1, 0.15) is 6.04 Å². The fraction of sp³-hybridized carbons (Fsp3) is 0.818. The molecule has 1 unspecified atom stereocenters. The number of carbonyl (C=O) groups is 2. The van der Waals surface area contributed by atoms with Gasteiger partial charge in [0.2, 0.25) is 11.8 Å². The molecule has 16 heavy (non-hydrogen) atoms. The van der Waals surface area contributed by atoms with E-state index in [1.807, 2.05) is 0 Å². The number of amides is 2. The number of carbonyl (C=O) groups excluding carboxylic acids is 2. The average molecular weight is 225 g/mol. The molecule has 2 rings (SSSR count). The SMILES string of the molecule is NC1(C(=O)NC2CCCCNC2=O)CCC1. The van der Waals surface area contributed by atoms with Crippen LogP contribution in [-0.2, 0) is 9.59 Å². The van der Waals surface area contributed by atoms with E-state index in [0.717, 1.165) is 32.1 Å². The Morgan fingerprint density at radius 2 is 2.12 bits per heavy atom. The molecule has 5 nitrogen and oxygen atoms in total. The van der Waals surface area contributed by atoms with Crippen LogP contribution in [0.4, 0.5) is 0 Å². The minimum atomic E-state index is -0.716. The van der Waals surface area contributed by atoms with Crippen molar-refractivity contribution in [3.05, 3.63) is 0 Å². The lowest BCUT2D eigenvalue weighted by Crippen LogP contribution is -2.61. The molecular weight excluding hydrogens is 206 g/mol. The molecule has 1 heterocycles. The Hall–Kier alpha value is -1.10. The third-order valence-electron chi connectivity index (χ3n) is 3.54.